The standard InChI is InChI=1S/C29H32F5N5O4/c1-16-15-39(8-7-37(16)2)24-11-22(30)19(9-23(24)36-27(41)21-14-35-25(40)10-20(21)26(31)32)17-3-5-38(6-4-17)28(42)43-18-12-29(33,34)13-18/h3,9-11,14,16,18,26H,4-8,12-13,15H2,1-2H3,(H,35,40)(H,36,41)/t16-/m0/s1. The zero-order valence-electron chi connectivity index (χ0n) is 23.6. The number of pyridine rings is 1. The summed E-state index contributed by atoms with van der Waals surface area (Å²) in [5.74, 6) is -4.30. The maximum Gasteiger partial charge on any atom is 0.410 e. The fraction of sp³-hybridized carbons (Fsp3) is 0.483. The van der Waals surface area contributed by atoms with Gasteiger partial charge in [-0.15, -0.1) is 0 Å². The molecule has 5 rings (SSSR count). The van der Waals surface area contributed by atoms with Crippen LogP contribution in [0.4, 0.5) is 38.1 Å². The predicted octanol–water partition coefficient (Wildman–Crippen LogP) is 4.87. The number of benzene rings is 1. The molecule has 2 fully saturated rings. The van der Waals surface area contributed by atoms with Crippen molar-refractivity contribution in [3.8, 4) is 0 Å². The van der Waals surface area contributed by atoms with Gasteiger partial charge in [0.25, 0.3) is 18.3 Å². The van der Waals surface area contributed by atoms with Crippen LogP contribution in [-0.2, 0) is 4.74 Å². The van der Waals surface area contributed by atoms with Crippen LogP contribution in [0.25, 0.3) is 5.57 Å². The number of amides is 2. The van der Waals surface area contributed by atoms with E-state index in [1.54, 1.807) is 6.08 Å². The molecule has 9 nitrogen and oxygen atoms in total. The van der Waals surface area contributed by atoms with Crippen LogP contribution in [-0.4, -0.2) is 84.6 Å². The van der Waals surface area contributed by atoms with Crippen molar-refractivity contribution in [3.05, 3.63) is 63.3 Å². The number of rotatable bonds is 6. The first kappa shape index (κ1) is 30.5. The van der Waals surface area contributed by atoms with Crippen LogP contribution in [0.3, 0.4) is 0 Å². The third-order valence-corrected chi connectivity index (χ3v) is 8.20. The van der Waals surface area contributed by atoms with Gasteiger partial charge in [-0.3, -0.25) is 9.59 Å². The summed E-state index contributed by atoms with van der Waals surface area (Å²) in [7, 11) is 1.96. The minimum Gasteiger partial charge on any atom is -0.446 e. The van der Waals surface area contributed by atoms with Gasteiger partial charge in [-0.05, 0) is 38.1 Å². The Balaban J connectivity index is 1.41. The summed E-state index contributed by atoms with van der Waals surface area (Å²) < 4.78 is 74.3. The number of halogens is 5. The molecule has 0 radical (unpaired) electrons. The lowest BCUT2D eigenvalue weighted by molar-refractivity contribution is -0.147. The van der Waals surface area contributed by atoms with E-state index in [-0.39, 0.29) is 36.8 Å². The molecule has 232 valence electrons. The number of nitrogens with zero attached hydrogens (tertiary/aromatic N) is 3. The SMILES string of the molecule is C[C@H]1CN(c2cc(F)c(C3=CCN(C(=O)OC4CC(F)(F)C4)CC3)cc2NC(=O)c2c[nH]c(=O)cc2C(F)F)CCN1C. The topological polar surface area (TPSA) is 98.0 Å². The quantitative estimate of drug-likeness (QED) is 0.454. The number of aromatic nitrogens is 1. The van der Waals surface area contributed by atoms with Gasteiger partial charge < -0.3 is 29.7 Å². The molecule has 0 spiro atoms. The van der Waals surface area contributed by atoms with Crippen LogP contribution < -0.4 is 15.8 Å². The van der Waals surface area contributed by atoms with Gasteiger partial charge in [-0.25, -0.2) is 26.7 Å². The van der Waals surface area contributed by atoms with Gasteiger partial charge in [0.1, 0.15) is 11.9 Å². The Kier molecular flexibility index (Phi) is 8.50. The molecule has 1 aromatic heterocycles. The summed E-state index contributed by atoms with van der Waals surface area (Å²) in [4.78, 5) is 44.9. The maximum absolute atomic E-state index is 15.7. The molecule has 2 N–H and O–H groups in total. The van der Waals surface area contributed by atoms with Crippen LogP contribution in [0.2, 0.25) is 0 Å². The van der Waals surface area contributed by atoms with Crippen molar-refractivity contribution in [2.24, 2.45) is 0 Å². The second-order valence-corrected chi connectivity index (χ2v) is 11.2. The zero-order chi connectivity index (χ0) is 31.1. The van der Waals surface area contributed by atoms with E-state index in [1.165, 1.54) is 17.0 Å². The molecular formula is C29H32F5N5O4. The van der Waals surface area contributed by atoms with Gasteiger partial charge in [0.2, 0.25) is 5.56 Å². The van der Waals surface area contributed by atoms with Gasteiger partial charge in [0.05, 0.1) is 16.9 Å². The molecule has 0 unspecified atom stereocenters. The number of nitrogens with one attached hydrogen (secondary N) is 2. The Morgan fingerprint density at radius 3 is 2.51 bits per heavy atom. The number of piperazine rings is 1. The number of carbonyl (C=O) groups excluding carboxylic acids is 2. The van der Waals surface area contributed by atoms with Crippen molar-refractivity contribution in [1.29, 1.82) is 0 Å². The van der Waals surface area contributed by atoms with Gasteiger partial charge in [-0.1, -0.05) is 6.08 Å². The summed E-state index contributed by atoms with van der Waals surface area (Å²) in [6, 6.07) is 3.51. The molecule has 1 saturated heterocycles. The lowest BCUT2D eigenvalue weighted by Crippen LogP contribution is -2.50. The number of ether oxygens (including phenoxy) is 1. The van der Waals surface area contributed by atoms with Crippen molar-refractivity contribution in [2.45, 2.75) is 50.7 Å². The summed E-state index contributed by atoms with van der Waals surface area (Å²) in [5, 5.41) is 2.65. The molecule has 0 bridgehead atoms. The van der Waals surface area contributed by atoms with E-state index in [2.05, 4.69) is 15.2 Å². The molecule has 3 heterocycles. The number of alkyl halides is 4. The Hall–Kier alpha value is -3.94. The maximum atomic E-state index is 15.7. The molecule has 2 amide bonds. The molecule has 3 aliphatic rings. The number of hydrogen-bond acceptors (Lipinski definition) is 6. The van der Waals surface area contributed by atoms with Crippen LogP contribution in [0, 0.1) is 5.82 Å². The van der Waals surface area contributed by atoms with E-state index < -0.39 is 65.8 Å². The highest BCUT2D eigenvalue weighted by molar-refractivity contribution is 6.07. The van der Waals surface area contributed by atoms with Crippen LogP contribution in [0.15, 0.2) is 35.3 Å². The number of aromatic amines is 1. The number of hydrogen-bond donors (Lipinski definition) is 2. The zero-order valence-corrected chi connectivity index (χ0v) is 23.6. The predicted molar refractivity (Wildman–Crippen MR) is 149 cm³/mol. The summed E-state index contributed by atoms with van der Waals surface area (Å²) in [6.45, 7) is 3.93. The molecular weight excluding hydrogens is 577 g/mol. The molecule has 1 atom stereocenters. The van der Waals surface area contributed by atoms with Crippen molar-refractivity contribution < 1.29 is 36.3 Å². The van der Waals surface area contributed by atoms with Crippen molar-refractivity contribution in [3.63, 3.8) is 0 Å². The monoisotopic (exact) mass is 609 g/mol. The second kappa shape index (κ2) is 12.0. The highest BCUT2D eigenvalue weighted by Gasteiger charge is 2.48. The van der Waals surface area contributed by atoms with Crippen LogP contribution in [0.5, 0.6) is 0 Å². The molecule has 1 aliphatic carbocycles. The van der Waals surface area contributed by atoms with Crippen LogP contribution >= 0.6 is 0 Å². The first-order valence-electron chi connectivity index (χ1n) is 13.9. The van der Waals surface area contributed by atoms with Gasteiger partial charge in [0, 0.05) is 75.0 Å². The van der Waals surface area contributed by atoms with Gasteiger partial charge >= 0.3 is 6.09 Å². The highest BCUT2D eigenvalue weighted by Crippen LogP contribution is 2.40. The minimum atomic E-state index is -3.08. The fourth-order valence-electron chi connectivity index (χ4n) is 5.48. The molecule has 43 heavy (non-hydrogen) atoms. The normalized spacial score (nSPS) is 20.9. The number of anilines is 2. The van der Waals surface area contributed by atoms with Gasteiger partial charge in [0.15, 0.2) is 0 Å². The van der Waals surface area contributed by atoms with Crippen molar-refractivity contribution in [2.75, 3.05) is 50.0 Å². The fourth-order valence-corrected chi connectivity index (χ4v) is 5.48. The first-order chi connectivity index (χ1) is 20.3. The third-order valence-electron chi connectivity index (χ3n) is 8.20. The summed E-state index contributed by atoms with van der Waals surface area (Å²) >= 11 is 0. The van der Waals surface area contributed by atoms with Crippen LogP contribution in [0.1, 0.15) is 54.1 Å². The smallest absolute Gasteiger partial charge is 0.410 e. The van der Waals surface area contributed by atoms with E-state index in [1.807, 2.05) is 18.9 Å². The Labute approximate surface area is 244 Å². The highest BCUT2D eigenvalue weighted by atomic mass is 19.3. The average Bonchev–Trinajstić information content (AvgIpc) is 2.94. The summed E-state index contributed by atoms with van der Waals surface area (Å²) in [5.41, 5.74) is -0.670. The Morgan fingerprint density at radius 1 is 1.14 bits per heavy atom. The van der Waals surface area contributed by atoms with Crippen molar-refractivity contribution in [1.82, 2.24) is 14.8 Å². The van der Waals surface area contributed by atoms with E-state index >= 15 is 4.39 Å². The number of likely N-dealkylation sites (N-methyl/N-ethyl adjacent to an activating group) is 1. The molecule has 2 aromatic rings. The lowest BCUT2D eigenvalue weighted by atomic mass is 9.91. The Morgan fingerprint density at radius 2 is 1.88 bits per heavy atom. The lowest BCUT2D eigenvalue weighted by Gasteiger charge is -2.40. The van der Waals surface area contributed by atoms with E-state index in [9.17, 15) is 31.9 Å². The minimum absolute atomic E-state index is 0.0608. The van der Waals surface area contributed by atoms with E-state index in [0.29, 0.717) is 37.0 Å². The molecule has 2 aliphatic heterocycles. The Bertz CT molecular complexity index is 1490. The molecule has 1 saturated carbocycles. The van der Waals surface area contributed by atoms with E-state index in [4.69, 9.17) is 4.74 Å². The first-order valence-corrected chi connectivity index (χ1v) is 13.9. The van der Waals surface area contributed by atoms with Crippen molar-refractivity contribution >= 4 is 28.9 Å². The number of carbonyl (C=O) groups is 2. The van der Waals surface area contributed by atoms with E-state index in [0.717, 1.165) is 6.20 Å². The molecule has 14 heteroatoms. The average molecular weight is 610 g/mol. The second-order valence-electron chi connectivity index (χ2n) is 11.2. The summed E-state index contributed by atoms with van der Waals surface area (Å²) in [6.07, 6.45) is -2.89. The van der Waals surface area contributed by atoms with Gasteiger partial charge in [-0.2, -0.15) is 0 Å². The largest absolute Gasteiger partial charge is 0.446 e. The molecule has 1 aromatic carbocycles. The number of H-pyrrole nitrogens is 1. The third kappa shape index (κ3) is 6.68.